The Labute approximate surface area is 209 Å². The number of nitrogens with one attached hydrogen (secondary N) is 1. The molecule has 3 aromatic rings. The lowest BCUT2D eigenvalue weighted by Gasteiger charge is -2.19. The molecular formula is C28H31NO7. The van der Waals surface area contributed by atoms with E-state index in [2.05, 4.69) is 5.32 Å². The molecule has 0 saturated heterocycles. The first-order valence-corrected chi connectivity index (χ1v) is 11.8. The van der Waals surface area contributed by atoms with E-state index in [-0.39, 0.29) is 19.3 Å². The zero-order valence-corrected chi connectivity index (χ0v) is 19.8. The lowest BCUT2D eigenvalue weighted by Crippen LogP contribution is -2.30. The molecule has 0 fully saturated rings. The Morgan fingerprint density at radius 2 is 1.39 bits per heavy atom. The monoisotopic (exact) mass is 493 g/mol. The maximum absolute atomic E-state index is 12.8. The summed E-state index contributed by atoms with van der Waals surface area (Å²) < 4.78 is 5.85. The molecule has 3 rings (SSSR count). The van der Waals surface area contributed by atoms with Gasteiger partial charge in [-0.1, -0.05) is 78.9 Å². The third-order valence-corrected chi connectivity index (χ3v) is 5.62. The zero-order chi connectivity index (χ0) is 26.0. The molecule has 0 aliphatic carbocycles. The number of aryl methyl sites for hydroxylation is 1. The number of para-hydroxylation sites is 1. The van der Waals surface area contributed by atoms with Gasteiger partial charge >= 0.3 is 5.97 Å². The fraction of sp³-hybridized carbons (Fsp3) is 0.286. The molecule has 190 valence electrons. The Morgan fingerprint density at radius 3 is 1.97 bits per heavy atom. The minimum absolute atomic E-state index is 0.0234. The Morgan fingerprint density at radius 1 is 0.833 bits per heavy atom. The van der Waals surface area contributed by atoms with Gasteiger partial charge in [0.25, 0.3) is 11.9 Å². The van der Waals surface area contributed by atoms with Crippen molar-refractivity contribution in [3.8, 4) is 0 Å². The fourth-order valence-corrected chi connectivity index (χ4v) is 3.75. The average molecular weight is 494 g/mol. The smallest absolute Gasteiger partial charge is 0.307 e. The Hall–Kier alpha value is -3.56. The number of aliphatic hydroxyl groups is 4. The van der Waals surface area contributed by atoms with Gasteiger partial charge in [-0.25, -0.2) is 0 Å². The van der Waals surface area contributed by atoms with Crippen molar-refractivity contribution in [2.75, 3.05) is 5.32 Å². The highest BCUT2D eigenvalue weighted by molar-refractivity contribution is 5.94. The number of hydrogen-bond acceptors (Lipinski definition) is 7. The van der Waals surface area contributed by atoms with Crippen LogP contribution in [0.2, 0.25) is 0 Å². The van der Waals surface area contributed by atoms with Gasteiger partial charge in [0.1, 0.15) is 6.10 Å². The minimum atomic E-state index is -2.84. The van der Waals surface area contributed by atoms with Gasteiger partial charge in [0.2, 0.25) is 0 Å². The molecule has 0 saturated carbocycles. The quantitative estimate of drug-likeness (QED) is 0.193. The van der Waals surface area contributed by atoms with Crippen LogP contribution in [0.25, 0.3) is 0 Å². The van der Waals surface area contributed by atoms with Crippen molar-refractivity contribution < 1.29 is 34.8 Å². The van der Waals surface area contributed by atoms with Crippen molar-refractivity contribution in [2.24, 2.45) is 0 Å². The number of aliphatic hydroxyl groups excluding tert-OH is 1. The second-order valence-electron chi connectivity index (χ2n) is 8.52. The van der Waals surface area contributed by atoms with Crippen LogP contribution in [0.15, 0.2) is 84.9 Å². The molecular weight excluding hydrogens is 462 g/mol. The summed E-state index contributed by atoms with van der Waals surface area (Å²) >= 11 is 0. The van der Waals surface area contributed by atoms with Gasteiger partial charge < -0.3 is 30.5 Å². The molecule has 3 aromatic carbocycles. The number of esters is 1. The van der Waals surface area contributed by atoms with Crippen molar-refractivity contribution >= 4 is 17.6 Å². The van der Waals surface area contributed by atoms with Gasteiger partial charge in [-0.05, 0) is 42.0 Å². The van der Waals surface area contributed by atoms with Gasteiger partial charge in [0.15, 0.2) is 6.10 Å². The molecule has 0 aliphatic heterocycles. The first-order valence-electron chi connectivity index (χ1n) is 11.8. The first-order chi connectivity index (χ1) is 17.2. The van der Waals surface area contributed by atoms with Crippen LogP contribution in [0.1, 0.15) is 48.5 Å². The van der Waals surface area contributed by atoms with E-state index >= 15 is 0 Å². The first kappa shape index (κ1) is 27.0. The predicted octanol–water partition coefficient (Wildman–Crippen LogP) is 3.05. The van der Waals surface area contributed by atoms with Crippen LogP contribution in [0.3, 0.4) is 0 Å². The summed E-state index contributed by atoms with van der Waals surface area (Å²) in [6.07, 6.45) is -1.99. The van der Waals surface area contributed by atoms with Crippen LogP contribution in [-0.4, -0.2) is 44.4 Å². The summed E-state index contributed by atoms with van der Waals surface area (Å²) in [6.45, 7) is 0. The van der Waals surface area contributed by atoms with E-state index in [4.69, 9.17) is 20.1 Å². The highest BCUT2D eigenvalue weighted by atomic mass is 16.7. The fourth-order valence-electron chi connectivity index (χ4n) is 3.75. The lowest BCUT2D eigenvalue weighted by atomic mass is 10.0. The Bertz CT molecular complexity index is 1070. The minimum Gasteiger partial charge on any atom is -0.453 e. The van der Waals surface area contributed by atoms with Crippen LogP contribution >= 0.6 is 0 Å². The molecule has 0 spiro atoms. The van der Waals surface area contributed by atoms with Crippen molar-refractivity contribution in [1.29, 1.82) is 0 Å². The summed E-state index contributed by atoms with van der Waals surface area (Å²) in [5, 5.41) is 39.5. The summed E-state index contributed by atoms with van der Waals surface area (Å²) in [5.41, 5.74) is 2.88. The van der Waals surface area contributed by atoms with Crippen LogP contribution in [-0.2, 0) is 20.7 Å². The molecule has 1 unspecified atom stereocenters. The number of amides is 1. The van der Waals surface area contributed by atoms with E-state index in [0.29, 0.717) is 17.7 Å². The maximum Gasteiger partial charge on any atom is 0.307 e. The van der Waals surface area contributed by atoms with E-state index in [1.54, 1.807) is 24.3 Å². The Kier molecular flexibility index (Phi) is 9.72. The van der Waals surface area contributed by atoms with Crippen molar-refractivity contribution in [3.05, 3.63) is 102 Å². The van der Waals surface area contributed by atoms with Crippen LogP contribution in [0.5, 0.6) is 0 Å². The highest BCUT2D eigenvalue weighted by Gasteiger charge is 2.22. The number of hydrogen-bond donors (Lipinski definition) is 5. The largest absolute Gasteiger partial charge is 0.453 e. The molecule has 8 nitrogen and oxygen atoms in total. The number of ether oxygens (including phenoxy) is 1. The number of benzene rings is 3. The van der Waals surface area contributed by atoms with Crippen molar-refractivity contribution in [2.45, 2.75) is 50.3 Å². The van der Waals surface area contributed by atoms with Gasteiger partial charge in [0.05, 0.1) is 0 Å². The summed E-state index contributed by atoms with van der Waals surface area (Å²) in [7, 11) is 0. The van der Waals surface area contributed by atoms with E-state index in [9.17, 15) is 14.7 Å². The number of anilines is 1. The SMILES string of the molecule is O=C(CCc1ccccc1NC(=O)C(O)CCCC(O)(O)O)OC(c1ccccc1)c1ccccc1. The standard InChI is InChI=1S/C28H31NO7/c30-24(16-9-19-28(33,34)35)27(32)29-23-15-8-7-10-20(23)17-18-25(31)36-26(21-11-3-1-4-12-21)22-13-5-2-6-14-22/h1-8,10-15,24,26,30,33-35H,9,16-19H2,(H,29,32). The molecule has 8 heteroatoms. The number of carbonyl (C=O) groups excluding carboxylic acids is 2. The lowest BCUT2D eigenvalue weighted by molar-refractivity contribution is -0.315. The van der Waals surface area contributed by atoms with Gasteiger partial charge in [-0.2, -0.15) is 0 Å². The molecule has 1 atom stereocenters. The zero-order valence-electron chi connectivity index (χ0n) is 19.8. The van der Waals surface area contributed by atoms with Crippen molar-refractivity contribution in [3.63, 3.8) is 0 Å². The highest BCUT2D eigenvalue weighted by Crippen LogP contribution is 2.27. The van der Waals surface area contributed by atoms with Crippen molar-refractivity contribution in [1.82, 2.24) is 0 Å². The second kappa shape index (κ2) is 12.9. The third kappa shape index (κ3) is 8.58. The van der Waals surface area contributed by atoms with Crippen LogP contribution in [0.4, 0.5) is 5.69 Å². The van der Waals surface area contributed by atoms with E-state index in [1.165, 1.54) is 0 Å². The normalized spacial score (nSPS) is 12.2. The number of carbonyl (C=O) groups is 2. The average Bonchev–Trinajstić information content (AvgIpc) is 2.87. The molecule has 0 aliphatic rings. The summed E-state index contributed by atoms with van der Waals surface area (Å²) in [4.78, 5) is 25.2. The molecule has 36 heavy (non-hydrogen) atoms. The molecule has 5 N–H and O–H groups in total. The van der Waals surface area contributed by atoms with E-state index in [1.807, 2.05) is 60.7 Å². The van der Waals surface area contributed by atoms with Gasteiger partial charge in [0, 0.05) is 18.5 Å². The second-order valence-corrected chi connectivity index (χ2v) is 8.52. The predicted molar refractivity (Wildman–Crippen MR) is 133 cm³/mol. The topological polar surface area (TPSA) is 136 Å². The van der Waals surface area contributed by atoms with Crippen LogP contribution < -0.4 is 5.32 Å². The molecule has 0 radical (unpaired) electrons. The molecule has 0 aromatic heterocycles. The third-order valence-electron chi connectivity index (χ3n) is 5.62. The van der Waals surface area contributed by atoms with E-state index < -0.39 is 36.5 Å². The van der Waals surface area contributed by atoms with Gasteiger partial charge in [-0.15, -0.1) is 0 Å². The Balaban J connectivity index is 1.60. The summed E-state index contributed by atoms with van der Waals surface area (Å²) in [5.74, 6) is -3.90. The van der Waals surface area contributed by atoms with Crippen LogP contribution in [0, 0.1) is 0 Å². The van der Waals surface area contributed by atoms with E-state index in [0.717, 1.165) is 11.1 Å². The number of rotatable bonds is 12. The maximum atomic E-state index is 12.8. The van der Waals surface area contributed by atoms with Gasteiger partial charge in [-0.3, -0.25) is 9.59 Å². The molecule has 0 bridgehead atoms. The summed E-state index contributed by atoms with van der Waals surface area (Å²) in [6, 6.07) is 25.9. The molecule has 1 amide bonds. The molecule has 0 heterocycles.